The first-order chi connectivity index (χ1) is 31.2. The van der Waals surface area contributed by atoms with Gasteiger partial charge < -0.3 is 9.32 Å². The summed E-state index contributed by atoms with van der Waals surface area (Å²) in [5, 5.41) is 4.88. The number of para-hydroxylation sites is 2. The third-order valence-electron chi connectivity index (χ3n) is 12.3. The van der Waals surface area contributed by atoms with Crippen LogP contribution in [0.5, 0.6) is 0 Å². The van der Waals surface area contributed by atoms with E-state index in [-0.39, 0.29) is 0 Å². The zero-order chi connectivity index (χ0) is 41.7. The molecule has 3 heteroatoms. The van der Waals surface area contributed by atoms with E-state index in [2.05, 4.69) is 229 Å². The van der Waals surface area contributed by atoms with Crippen molar-refractivity contribution in [2.75, 3.05) is 4.90 Å². The Kier molecular flexibility index (Phi) is 9.06. The van der Waals surface area contributed by atoms with Gasteiger partial charge in [0.05, 0.1) is 5.69 Å². The summed E-state index contributed by atoms with van der Waals surface area (Å²) in [4.78, 5) is 2.41. The molecule has 0 unspecified atom stereocenters. The number of furan rings is 1. The van der Waals surface area contributed by atoms with Crippen molar-refractivity contribution in [3.63, 3.8) is 0 Å². The summed E-state index contributed by atoms with van der Waals surface area (Å²) >= 11 is 1.85. The molecule has 0 amide bonds. The molecule has 0 radical (unpaired) electrons. The van der Waals surface area contributed by atoms with Crippen LogP contribution in [0.3, 0.4) is 0 Å². The maximum absolute atomic E-state index is 6.29. The molecule has 2 aromatic heterocycles. The van der Waals surface area contributed by atoms with Crippen molar-refractivity contribution < 1.29 is 4.42 Å². The number of rotatable bonds is 8. The second-order valence-electron chi connectivity index (χ2n) is 16.0. The normalized spacial score (nSPS) is 11.5. The van der Waals surface area contributed by atoms with Crippen molar-refractivity contribution in [1.29, 1.82) is 0 Å². The molecule has 12 aromatic rings. The van der Waals surface area contributed by atoms with Crippen LogP contribution in [-0.2, 0) is 0 Å². The molecular formula is C60H39NOS. The number of anilines is 3. The fourth-order valence-corrected chi connectivity index (χ4v) is 10.5. The molecule has 0 fully saturated rings. The summed E-state index contributed by atoms with van der Waals surface area (Å²) < 4.78 is 8.92. The van der Waals surface area contributed by atoms with Crippen LogP contribution in [0.1, 0.15) is 0 Å². The highest BCUT2D eigenvalue weighted by Crippen LogP contribution is 2.46. The Morgan fingerprint density at radius 3 is 1.57 bits per heavy atom. The van der Waals surface area contributed by atoms with Crippen LogP contribution in [0.25, 0.3) is 97.7 Å². The van der Waals surface area contributed by atoms with Crippen molar-refractivity contribution in [3.05, 3.63) is 237 Å². The van der Waals surface area contributed by atoms with Crippen LogP contribution >= 0.6 is 11.3 Å². The Morgan fingerprint density at radius 1 is 0.302 bits per heavy atom. The molecule has 0 atom stereocenters. The van der Waals surface area contributed by atoms with Gasteiger partial charge in [-0.25, -0.2) is 0 Å². The quantitative estimate of drug-likeness (QED) is 0.152. The smallest absolute Gasteiger partial charge is 0.136 e. The van der Waals surface area contributed by atoms with Crippen LogP contribution in [-0.4, -0.2) is 0 Å². The topological polar surface area (TPSA) is 16.4 Å². The molecule has 10 aromatic carbocycles. The fourth-order valence-electron chi connectivity index (χ4n) is 9.38. The van der Waals surface area contributed by atoms with E-state index in [0.29, 0.717) is 0 Å². The van der Waals surface area contributed by atoms with Gasteiger partial charge in [0.2, 0.25) is 0 Å². The molecule has 0 bridgehead atoms. The predicted octanol–water partition coefficient (Wildman–Crippen LogP) is 17.8. The summed E-state index contributed by atoms with van der Waals surface area (Å²) in [5.41, 5.74) is 16.8. The summed E-state index contributed by atoms with van der Waals surface area (Å²) in [6, 6.07) is 85.4. The van der Waals surface area contributed by atoms with Gasteiger partial charge in [0.15, 0.2) is 0 Å². The minimum Gasteiger partial charge on any atom is -0.456 e. The van der Waals surface area contributed by atoms with E-state index in [1.807, 2.05) is 23.5 Å². The Bertz CT molecular complexity index is 3620. The maximum Gasteiger partial charge on any atom is 0.136 e. The average molecular weight is 822 g/mol. The lowest BCUT2D eigenvalue weighted by molar-refractivity contribution is 0.669. The Balaban J connectivity index is 1.01. The lowest BCUT2D eigenvalue weighted by Crippen LogP contribution is -2.11. The molecule has 12 rings (SSSR count). The highest BCUT2D eigenvalue weighted by Gasteiger charge is 2.21. The number of hydrogen-bond donors (Lipinski definition) is 0. The van der Waals surface area contributed by atoms with Crippen LogP contribution in [0.4, 0.5) is 17.1 Å². The number of fused-ring (bicyclic) bond motifs is 6. The predicted molar refractivity (Wildman–Crippen MR) is 268 cm³/mol. The summed E-state index contributed by atoms with van der Waals surface area (Å²) in [7, 11) is 0. The molecule has 0 saturated heterocycles. The fraction of sp³-hybridized carbons (Fsp3) is 0. The Labute approximate surface area is 370 Å². The first-order valence-electron chi connectivity index (χ1n) is 21.4. The van der Waals surface area contributed by atoms with Gasteiger partial charge in [-0.05, 0) is 111 Å². The molecular weight excluding hydrogens is 783 g/mol. The zero-order valence-electron chi connectivity index (χ0n) is 34.3. The van der Waals surface area contributed by atoms with E-state index in [1.165, 1.54) is 59.1 Å². The van der Waals surface area contributed by atoms with Crippen LogP contribution in [0.2, 0.25) is 0 Å². The van der Waals surface area contributed by atoms with Gasteiger partial charge in [-0.1, -0.05) is 176 Å². The van der Waals surface area contributed by atoms with Crippen molar-refractivity contribution >= 4 is 70.5 Å². The van der Waals surface area contributed by atoms with E-state index in [4.69, 9.17) is 4.42 Å². The Hall–Kier alpha value is -7.98. The number of benzene rings is 10. The van der Waals surface area contributed by atoms with Crippen LogP contribution < -0.4 is 4.90 Å². The second kappa shape index (κ2) is 15.5. The van der Waals surface area contributed by atoms with Gasteiger partial charge in [0.1, 0.15) is 11.2 Å². The molecule has 0 aliphatic heterocycles. The van der Waals surface area contributed by atoms with Crippen molar-refractivity contribution in [2.24, 2.45) is 0 Å². The highest BCUT2D eigenvalue weighted by atomic mass is 32.1. The first-order valence-corrected chi connectivity index (χ1v) is 22.2. The molecule has 0 N–H and O–H groups in total. The third kappa shape index (κ3) is 6.50. The van der Waals surface area contributed by atoms with E-state index in [9.17, 15) is 0 Å². The van der Waals surface area contributed by atoms with Gasteiger partial charge in [0.25, 0.3) is 0 Å². The van der Waals surface area contributed by atoms with Gasteiger partial charge in [-0.2, -0.15) is 0 Å². The van der Waals surface area contributed by atoms with Crippen molar-refractivity contribution in [3.8, 4) is 55.6 Å². The van der Waals surface area contributed by atoms with Crippen molar-refractivity contribution in [1.82, 2.24) is 0 Å². The summed E-state index contributed by atoms with van der Waals surface area (Å²) in [6.45, 7) is 0. The second-order valence-corrected chi connectivity index (χ2v) is 17.1. The Morgan fingerprint density at radius 2 is 0.810 bits per heavy atom. The van der Waals surface area contributed by atoms with E-state index in [0.717, 1.165) is 55.7 Å². The SMILES string of the molecule is c1ccc(-c2ccccc2-c2ccccc2-c2ccccc2N(c2ccc(-c3ccc4sc5ccccc5c4c3)cc2)c2ccc(-c3cccc4oc5ccccc5c34)cc2)cc1. The van der Waals surface area contributed by atoms with Gasteiger partial charge >= 0.3 is 0 Å². The van der Waals surface area contributed by atoms with Crippen LogP contribution in [0.15, 0.2) is 241 Å². The minimum atomic E-state index is 0.896. The number of hydrogen-bond acceptors (Lipinski definition) is 3. The third-order valence-corrected chi connectivity index (χ3v) is 13.5. The molecule has 0 saturated carbocycles. The van der Waals surface area contributed by atoms with Gasteiger partial charge in [-0.15, -0.1) is 11.3 Å². The van der Waals surface area contributed by atoms with E-state index < -0.39 is 0 Å². The molecule has 2 nitrogen and oxygen atoms in total. The van der Waals surface area contributed by atoms with Crippen LogP contribution in [0, 0.1) is 0 Å². The lowest BCUT2D eigenvalue weighted by atomic mass is 9.88. The van der Waals surface area contributed by atoms with Crippen molar-refractivity contribution in [2.45, 2.75) is 0 Å². The average Bonchev–Trinajstić information content (AvgIpc) is 3.93. The molecule has 0 aliphatic rings. The number of nitrogens with zero attached hydrogens (tertiary/aromatic N) is 1. The molecule has 296 valence electrons. The molecule has 0 spiro atoms. The number of thiophene rings is 1. The van der Waals surface area contributed by atoms with Gasteiger partial charge in [-0.3, -0.25) is 0 Å². The monoisotopic (exact) mass is 821 g/mol. The summed E-state index contributed by atoms with van der Waals surface area (Å²) in [6.07, 6.45) is 0. The standard InChI is InChI=1S/C60H39NOS/c1-2-15-41(16-3-1)46-17-4-5-18-48(46)49-19-6-7-20-50(49)51-21-8-11-25-55(51)61(44-34-29-40(30-35-44)43-33-38-59-54(39-43)52-22-10-13-28-58(52)63-59)45-36-31-42(32-37-45)47-24-14-27-57-60(47)53-23-9-12-26-56(53)62-57/h1-39H. The van der Waals surface area contributed by atoms with E-state index >= 15 is 0 Å². The molecule has 2 heterocycles. The minimum absolute atomic E-state index is 0.896. The van der Waals surface area contributed by atoms with Gasteiger partial charge in [0, 0.05) is 47.9 Å². The molecule has 63 heavy (non-hydrogen) atoms. The first kappa shape index (κ1) is 36.8. The lowest BCUT2D eigenvalue weighted by Gasteiger charge is -2.29. The highest BCUT2D eigenvalue weighted by molar-refractivity contribution is 7.25. The van der Waals surface area contributed by atoms with E-state index in [1.54, 1.807) is 0 Å². The maximum atomic E-state index is 6.29. The zero-order valence-corrected chi connectivity index (χ0v) is 35.1. The molecule has 0 aliphatic carbocycles. The summed E-state index contributed by atoms with van der Waals surface area (Å²) in [5.74, 6) is 0. The largest absolute Gasteiger partial charge is 0.456 e.